The first-order valence-electron chi connectivity index (χ1n) is 7.10. The van der Waals surface area contributed by atoms with Gasteiger partial charge in [-0.25, -0.2) is 9.97 Å². The third kappa shape index (κ3) is 3.30. The second-order valence-corrected chi connectivity index (χ2v) is 4.89. The fraction of sp³-hybridized carbons (Fsp3) is 0.333. The van der Waals surface area contributed by atoms with E-state index in [0.717, 1.165) is 37.7 Å². The molecule has 1 saturated heterocycles. The summed E-state index contributed by atoms with van der Waals surface area (Å²) in [6.45, 7) is 3.99. The number of ether oxygens (including phenoxy) is 1. The van der Waals surface area contributed by atoms with Crippen molar-refractivity contribution in [2.45, 2.75) is 6.61 Å². The number of hydrogen-bond donors (Lipinski definition) is 1. The summed E-state index contributed by atoms with van der Waals surface area (Å²) in [6, 6.07) is 3.87. The molecule has 0 amide bonds. The van der Waals surface area contributed by atoms with Crippen molar-refractivity contribution in [2.75, 3.05) is 31.1 Å². The third-order valence-electron chi connectivity index (χ3n) is 3.44. The van der Waals surface area contributed by atoms with Gasteiger partial charge in [0.15, 0.2) is 5.75 Å². The highest BCUT2D eigenvalue weighted by molar-refractivity contribution is 5.35. The lowest BCUT2D eigenvalue weighted by atomic mass is 10.2. The van der Waals surface area contributed by atoms with Gasteiger partial charge in [0.05, 0.1) is 18.0 Å². The van der Waals surface area contributed by atoms with Gasteiger partial charge in [0.1, 0.15) is 12.7 Å². The van der Waals surface area contributed by atoms with E-state index in [2.05, 4.69) is 31.2 Å². The molecular formula is C15H16N6O. The van der Waals surface area contributed by atoms with Crippen LogP contribution in [0.25, 0.3) is 0 Å². The highest BCUT2D eigenvalue weighted by Crippen LogP contribution is 2.15. The van der Waals surface area contributed by atoms with Crippen LogP contribution in [0.1, 0.15) is 11.1 Å². The Morgan fingerprint density at radius 1 is 1.23 bits per heavy atom. The van der Waals surface area contributed by atoms with Crippen molar-refractivity contribution >= 4 is 5.95 Å². The van der Waals surface area contributed by atoms with Crippen LogP contribution in [0, 0.1) is 11.3 Å². The first-order chi connectivity index (χ1) is 10.9. The quantitative estimate of drug-likeness (QED) is 0.890. The van der Waals surface area contributed by atoms with Crippen LogP contribution in [0.4, 0.5) is 5.95 Å². The van der Waals surface area contributed by atoms with E-state index in [1.165, 1.54) is 6.20 Å². The predicted molar refractivity (Wildman–Crippen MR) is 80.4 cm³/mol. The normalized spacial score (nSPS) is 14.4. The Morgan fingerprint density at radius 3 is 2.73 bits per heavy atom. The van der Waals surface area contributed by atoms with Crippen molar-refractivity contribution in [2.24, 2.45) is 0 Å². The second kappa shape index (κ2) is 6.83. The fourth-order valence-corrected chi connectivity index (χ4v) is 2.22. The molecule has 22 heavy (non-hydrogen) atoms. The molecule has 0 aliphatic carbocycles. The van der Waals surface area contributed by atoms with E-state index in [1.807, 2.05) is 0 Å². The van der Waals surface area contributed by atoms with E-state index in [4.69, 9.17) is 10.00 Å². The van der Waals surface area contributed by atoms with Crippen LogP contribution in [0.5, 0.6) is 5.75 Å². The van der Waals surface area contributed by atoms with Gasteiger partial charge in [-0.2, -0.15) is 5.26 Å². The summed E-state index contributed by atoms with van der Waals surface area (Å²) >= 11 is 0. The Hall–Kier alpha value is -2.72. The van der Waals surface area contributed by atoms with Crippen molar-refractivity contribution in [1.29, 1.82) is 5.26 Å². The SMILES string of the molecule is N#Cc1cnccc1COc1cnc(N2CCNCC2)nc1. The molecule has 1 N–H and O–H groups in total. The first kappa shape index (κ1) is 14.2. The van der Waals surface area contributed by atoms with Crippen molar-refractivity contribution in [3.8, 4) is 11.8 Å². The summed E-state index contributed by atoms with van der Waals surface area (Å²) < 4.78 is 5.64. The summed E-state index contributed by atoms with van der Waals surface area (Å²) in [5, 5.41) is 12.3. The van der Waals surface area contributed by atoms with Crippen LogP contribution in [-0.4, -0.2) is 41.1 Å². The Morgan fingerprint density at radius 2 is 2.00 bits per heavy atom. The van der Waals surface area contributed by atoms with Crippen LogP contribution >= 0.6 is 0 Å². The van der Waals surface area contributed by atoms with Crippen LogP contribution in [0.3, 0.4) is 0 Å². The van der Waals surface area contributed by atoms with Crippen molar-refractivity contribution in [1.82, 2.24) is 20.3 Å². The zero-order valence-corrected chi connectivity index (χ0v) is 12.1. The molecule has 0 saturated carbocycles. The Labute approximate surface area is 128 Å². The number of piperazine rings is 1. The van der Waals surface area contributed by atoms with Gasteiger partial charge >= 0.3 is 0 Å². The monoisotopic (exact) mass is 296 g/mol. The molecule has 7 heteroatoms. The zero-order chi connectivity index (χ0) is 15.2. The lowest BCUT2D eigenvalue weighted by Gasteiger charge is -2.27. The highest BCUT2D eigenvalue weighted by Gasteiger charge is 2.12. The summed E-state index contributed by atoms with van der Waals surface area (Å²) in [7, 11) is 0. The van der Waals surface area contributed by atoms with Crippen molar-refractivity contribution < 1.29 is 4.74 Å². The Balaban J connectivity index is 1.62. The highest BCUT2D eigenvalue weighted by atomic mass is 16.5. The number of nitrogens with zero attached hydrogens (tertiary/aromatic N) is 5. The van der Waals surface area contributed by atoms with Crippen molar-refractivity contribution in [3.05, 3.63) is 42.0 Å². The van der Waals surface area contributed by atoms with Gasteiger partial charge in [0.25, 0.3) is 0 Å². The summed E-state index contributed by atoms with van der Waals surface area (Å²) in [5.74, 6) is 1.30. The number of hydrogen-bond acceptors (Lipinski definition) is 7. The summed E-state index contributed by atoms with van der Waals surface area (Å²) in [6.07, 6.45) is 6.50. The zero-order valence-electron chi connectivity index (χ0n) is 12.1. The number of rotatable bonds is 4. The lowest BCUT2D eigenvalue weighted by Crippen LogP contribution is -2.44. The molecule has 3 heterocycles. The molecule has 1 aliphatic heterocycles. The third-order valence-corrected chi connectivity index (χ3v) is 3.44. The summed E-state index contributed by atoms with van der Waals surface area (Å²) in [5.41, 5.74) is 1.31. The maximum atomic E-state index is 9.02. The molecular weight excluding hydrogens is 280 g/mol. The van der Waals surface area contributed by atoms with E-state index < -0.39 is 0 Å². The molecule has 3 rings (SSSR count). The van der Waals surface area contributed by atoms with E-state index in [1.54, 1.807) is 24.7 Å². The van der Waals surface area contributed by atoms with Gasteiger partial charge in [0.2, 0.25) is 5.95 Å². The van der Waals surface area contributed by atoms with Gasteiger partial charge in [-0.1, -0.05) is 0 Å². The molecule has 0 bridgehead atoms. The Kier molecular flexibility index (Phi) is 4.41. The molecule has 2 aromatic heterocycles. The number of anilines is 1. The molecule has 0 radical (unpaired) electrons. The maximum absolute atomic E-state index is 9.02. The summed E-state index contributed by atoms with van der Waals surface area (Å²) in [4.78, 5) is 14.7. The van der Waals surface area contributed by atoms with E-state index >= 15 is 0 Å². The minimum absolute atomic E-state index is 0.293. The van der Waals surface area contributed by atoms with Crippen molar-refractivity contribution in [3.63, 3.8) is 0 Å². The lowest BCUT2D eigenvalue weighted by molar-refractivity contribution is 0.303. The predicted octanol–water partition coefficient (Wildman–Crippen LogP) is 0.732. The largest absolute Gasteiger partial charge is 0.486 e. The Bertz CT molecular complexity index is 660. The maximum Gasteiger partial charge on any atom is 0.225 e. The second-order valence-electron chi connectivity index (χ2n) is 4.89. The number of nitrogens with one attached hydrogen (secondary N) is 1. The molecule has 112 valence electrons. The molecule has 7 nitrogen and oxygen atoms in total. The average molecular weight is 296 g/mol. The minimum Gasteiger partial charge on any atom is -0.486 e. The minimum atomic E-state index is 0.293. The van der Waals surface area contributed by atoms with Gasteiger partial charge in [-0.15, -0.1) is 0 Å². The molecule has 0 unspecified atom stereocenters. The smallest absolute Gasteiger partial charge is 0.225 e. The van der Waals surface area contributed by atoms with Crippen LogP contribution in [-0.2, 0) is 6.61 Å². The van der Waals surface area contributed by atoms with Gasteiger partial charge in [-0.3, -0.25) is 4.98 Å². The van der Waals surface area contributed by atoms with Gasteiger partial charge < -0.3 is 15.0 Å². The van der Waals surface area contributed by atoms with Crippen LogP contribution < -0.4 is 15.0 Å². The fourth-order valence-electron chi connectivity index (χ4n) is 2.22. The average Bonchev–Trinajstić information content (AvgIpc) is 2.61. The molecule has 0 aromatic carbocycles. The van der Waals surface area contributed by atoms with Gasteiger partial charge in [-0.05, 0) is 6.07 Å². The number of pyridine rings is 1. The number of aromatic nitrogens is 3. The molecule has 0 spiro atoms. The first-order valence-corrected chi connectivity index (χ1v) is 7.10. The van der Waals surface area contributed by atoms with Crippen LogP contribution in [0.15, 0.2) is 30.9 Å². The van der Waals surface area contributed by atoms with Crippen LogP contribution in [0.2, 0.25) is 0 Å². The van der Waals surface area contributed by atoms with E-state index in [-0.39, 0.29) is 0 Å². The van der Waals surface area contributed by atoms with E-state index in [9.17, 15) is 0 Å². The molecule has 0 atom stereocenters. The van der Waals surface area contributed by atoms with Gasteiger partial charge in [0, 0.05) is 44.1 Å². The van der Waals surface area contributed by atoms with E-state index in [0.29, 0.717) is 17.9 Å². The topological polar surface area (TPSA) is 87.0 Å². The molecule has 1 fully saturated rings. The standard InChI is InChI=1S/C15H16N6O/c16-7-13-8-18-2-1-12(13)11-22-14-9-19-15(20-10-14)21-5-3-17-4-6-21/h1-2,8-10,17H,3-6,11H2. The molecule has 1 aliphatic rings. The molecule has 2 aromatic rings. The number of nitriles is 1.